The molecule has 2 aromatic carbocycles. The van der Waals surface area contributed by atoms with Gasteiger partial charge in [-0.25, -0.2) is 12.8 Å². The minimum atomic E-state index is -3.73. The van der Waals surface area contributed by atoms with Crippen LogP contribution in [-0.4, -0.2) is 44.7 Å². The predicted molar refractivity (Wildman–Crippen MR) is 119 cm³/mol. The summed E-state index contributed by atoms with van der Waals surface area (Å²) in [5.41, 5.74) is 3.53. The van der Waals surface area contributed by atoms with Crippen LogP contribution in [0.3, 0.4) is 0 Å². The van der Waals surface area contributed by atoms with Gasteiger partial charge in [0.25, 0.3) is 0 Å². The summed E-state index contributed by atoms with van der Waals surface area (Å²) in [5, 5.41) is 7.53. The van der Waals surface area contributed by atoms with Gasteiger partial charge in [0.15, 0.2) is 15.8 Å². The molecule has 0 spiro atoms. The van der Waals surface area contributed by atoms with Gasteiger partial charge in [-0.1, -0.05) is 24.3 Å². The topological polar surface area (TPSA) is 86.3 Å². The molecule has 0 aliphatic heterocycles. The largest absolute Gasteiger partial charge is 0.361 e. The Morgan fingerprint density at radius 2 is 1.97 bits per heavy atom. The van der Waals surface area contributed by atoms with Crippen LogP contribution in [0.4, 0.5) is 4.39 Å². The van der Waals surface area contributed by atoms with Crippen molar-refractivity contribution in [1.82, 2.24) is 15.6 Å². The first-order valence-corrected chi connectivity index (χ1v) is 11.6. The first kappa shape index (κ1) is 21.8. The number of H-pyrrole nitrogens is 1. The van der Waals surface area contributed by atoms with Crippen molar-refractivity contribution >= 4 is 26.7 Å². The summed E-state index contributed by atoms with van der Waals surface area (Å²) in [7, 11) is -3.73. The highest BCUT2D eigenvalue weighted by molar-refractivity contribution is 7.91. The van der Waals surface area contributed by atoms with Gasteiger partial charge in [0, 0.05) is 30.2 Å². The molecule has 6 nitrogen and oxygen atoms in total. The molecule has 0 amide bonds. The second-order valence-corrected chi connectivity index (χ2v) is 9.13. The maximum atomic E-state index is 13.8. The quantitative estimate of drug-likeness (QED) is 0.378. The lowest BCUT2D eigenvalue weighted by atomic mass is 10.1. The Balaban J connectivity index is 1.58. The maximum absolute atomic E-state index is 13.8. The molecule has 3 rings (SSSR count). The number of nitrogens with one attached hydrogen (secondary N) is 3. The van der Waals surface area contributed by atoms with E-state index in [0.717, 1.165) is 18.0 Å². The number of fused-ring (bicyclic) bond motifs is 1. The van der Waals surface area contributed by atoms with E-state index in [2.05, 4.69) is 45.7 Å². The molecule has 0 aliphatic rings. The molecule has 1 aromatic heterocycles. The average Bonchev–Trinajstić information content (AvgIpc) is 3.10. The van der Waals surface area contributed by atoms with Gasteiger partial charge in [-0.2, -0.15) is 0 Å². The van der Waals surface area contributed by atoms with E-state index in [1.54, 1.807) is 0 Å². The normalized spacial score (nSPS) is 12.3. The molecule has 1 heterocycles. The summed E-state index contributed by atoms with van der Waals surface area (Å²) < 4.78 is 38.5. The lowest BCUT2D eigenvalue weighted by Crippen LogP contribution is -2.38. The Morgan fingerprint density at radius 1 is 1.17 bits per heavy atom. The van der Waals surface area contributed by atoms with Crippen LogP contribution in [0.2, 0.25) is 0 Å². The highest BCUT2D eigenvalue weighted by Gasteiger charge is 2.18. The van der Waals surface area contributed by atoms with Gasteiger partial charge in [-0.05, 0) is 49.6 Å². The molecule has 0 aliphatic carbocycles. The fourth-order valence-electron chi connectivity index (χ4n) is 3.25. The number of hydrogen-bond acceptors (Lipinski definition) is 3. The smallest absolute Gasteiger partial charge is 0.191 e. The van der Waals surface area contributed by atoms with Crippen molar-refractivity contribution in [3.63, 3.8) is 0 Å². The van der Waals surface area contributed by atoms with Crippen LogP contribution in [0.1, 0.15) is 18.1 Å². The van der Waals surface area contributed by atoms with Crippen molar-refractivity contribution in [1.29, 1.82) is 0 Å². The average molecular weight is 431 g/mol. The molecule has 0 bridgehead atoms. The summed E-state index contributed by atoms with van der Waals surface area (Å²) in [6.07, 6.45) is 2.80. The third-order valence-corrected chi connectivity index (χ3v) is 6.48. The molecule has 0 saturated heterocycles. The molecule has 0 fully saturated rings. The molecule has 8 heteroatoms. The van der Waals surface area contributed by atoms with E-state index in [4.69, 9.17) is 0 Å². The van der Waals surface area contributed by atoms with Crippen molar-refractivity contribution < 1.29 is 12.8 Å². The summed E-state index contributed by atoms with van der Waals surface area (Å²) >= 11 is 0. The van der Waals surface area contributed by atoms with Crippen molar-refractivity contribution in [2.75, 3.05) is 25.4 Å². The van der Waals surface area contributed by atoms with Gasteiger partial charge >= 0.3 is 0 Å². The van der Waals surface area contributed by atoms with Crippen molar-refractivity contribution in [2.45, 2.75) is 25.2 Å². The Morgan fingerprint density at radius 3 is 2.73 bits per heavy atom. The first-order chi connectivity index (χ1) is 14.4. The Hall–Kier alpha value is -2.87. The maximum Gasteiger partial charge on any atom is 0.191 e. The van der Waals surface area contributed by atoms with Crippen LogP contribution in [-0.2, 0) is 16.3 Å². The second-order valence-electron chi connectivity index (χ2n) is 7.05. The van der Waals surface area contributed by atoms with E-state index in [0.29, 0.717) is 19.0 Å². The van der Waals surface area contributed by atoms with Crippen LogP contribution in [0.5, 0.6) is 0 Å². The number of sulfone groups is 1. The van der Waals surface area contributed by atoms with E-state index >= 15 is 0 Å². The fourth-order valence-corrected chi connectivity index (χ4v) is 4.45. The van der Waals surface area contributed by atoms with Gasteiger partial charge in [-0.3, -0.25) is 4.99 Å². The lowest BCUT2D eigenvalue weighted by molar-refractivity contribution is 0.567. The van der Waals surface area contributed by atoms with Crippen molar-refractivity contribution in [3.8, 4) is 0 Å². The van der Waals surface area contributed by atoms with Gasteiger partial charge < -0.3 is 15.6 Å². The molecule has 160 valence electrons. The molecule has 0 saturated carbocycles. The minimum Gasteiger partial charge on any atom is -0.361 e. The molecule has 3 N–H and O–H groups in total. The highest BCUT2D eigenvalue weighted by Crippen LogP contribution is 2.19. The van der Waals surface area contributed by atoms with Gasteiger partial charge in [0.1, 0.15) is 10.7 Å². The minimum absolute atomic E-state index is 0.0400. The molecule has 3 aromatic rings. The van der Waals surface area contributed by atoms with E-state index in [-0.39, 0.29) is 17.2 Å². The number of aromatic nitrogens is 1. The number of hydrogen-bond donors (Lipinski definition) is 3. The summed E-state index contributed by atoms with van der Waals surface area (Å²) in [6.45, 7) is 5.34. The van der Waals surface area contributed by atoms with Crippen molar-refractivity contribution in [3.05, 3.63) is 65.6 Å². The number of nitrogens with zero attached hydrogens (tertiary/aromatic N) is 1. The standard InChI is InChI=1S/C22H27FN4O2S/c1-3-24-22(26-12-13-30(28,29)21-7-5-4-6-19(21)23)25-11-10-17-15-27-20-14-16(2)8-9-18(17)20/h4-9,14-15,27H,3,10-13H2,1-2H3,(H2,24,25,26). The molecule has 0 atom stereocenters. The number of aromatic amines is 1. The zero-order valence-electron chi connectivity index (χ0n) is 17.2. The van der Waals surface area contributed by atoms with E-state index in [1.165, 1.54) is 34.7 Å². The summed E-state index contributed by atoms with van der Waals surface area (Å²) in [4.78, 5) is 7.34. The van der Waals surface area contributed by atoms with Crippen molar-refractivity contribution in [2.24, 2.45) is 4.99 Å². The number of aryl methyl sites for hydroxylation is 1. The first-order valence-electron chi connectivity index (χ1n) is 9.97. The monoisotopic (exact) mass is 430 g/mol. The fraction of sp³-hybridized carbons (Fsp3) is 0.318. The van der Waals surface area contributed by atoms with Crippen LogP contribution >= 0.6 is 0 Å². The summed E-state index contributed by atoms with van der Waals surface area (Å²) in [6, 6.07) is 11.7. The van der Waals surface area contributed by atoms with Gasteiger partial charge in [0.05, 0.1) is 12.3 Å². The van der Waals surface area contributed by atoms with Crippen LogP contribution in [0, 0.1) is 12.7 Å². The second kappa shape index (κ2) is 9.75. The van der Waals surface area contributed by atoms with Gasteiger partial charge in [-0.15, -0.1) is 0 Å². The molecule has 30 heavy (non-hydrogen) atoms. The summed E-state index contributed by atoms with van der Waals surface area (Å²) in [5.74, 6) is -0.455. The number of guanidine groups is 1. The number of benzene rings is 2. The van der Waals surface area contributed by atoms with Gasteiger partial charge in [0.2, 0.25) is 0 Å². The Labute approximate surface area is 176 Å². The third kappa shape index (κ3) is 5.38. The molecular formula is C22H27FN4O2S. The van der Waals surface area contributed by atoms with E-state index < -0.39 is 15.7 Å². The SMILES string of the molecule is CCNC(=NCCS(=O)(=O)c1ccccc1F)NCCc1c[nH]c2cc(C)ccc12. The molecule has 0 radical (unpaired) electrons. The van der Waals surface area contributed by atoms with Crippen LogP contribution in [0.25, 0.3) is 10.9 Å². The Kier molecular flexibility index (Phi) is 7.10. The number of rotatable bonds is 8. The third-order valence-electron chi connectivity index (χ3n) is 4.76. The van der Waals surface area contributed by atoms with E-state index in [1.807, 2.05) is 13.1 Å². The zero-order chi connectivity index (χ0) is 21.6. The number of halogens is 1. The Bertz CT molecular complexity index is 1140. The van der Waals surface area contributed by atoms with Crippen LogP contribution in [0.15, 0.2) is 58.5 Å². The molecular weight excluding hydrogens is 403 g/mol. The zero-order valence-corrected chi connectivity index (χ0v) is 18.0. The lowest BCUT2D eigenvalue weighted by Gasteiger charge is -2.11. The number of aliphatic imine (C=N–C) groups is 1. The van der Waals surface area contributed by atoms with E-state index in [9.17, 15) is 12.8 Å². The highest BCUT2D eigenvalue weighted by atomic mass is 32.2. The van der Waals surface area contributed by atoms with Crippen LogP contribution < -0.4 is 10.6 Å². The predicted octanol–water partition coefficient (Wildman–Crippen LogP) is 3.19. The molecule has 0 unspecified atom stereocenters.